The Morgan fingerprint density at radius 1 is 1.32 bits per heavy atom. The first-order valence-corrected chi connectivity index (χ1v) is 8.62. The summed E-state index contributed by atoms with van der Waals surface area (Å²) in [4.78, 5) is 19.3. The van der Waals surface area contributed by atoms with E-state index in [1.807, 2.05) is 23.1 Å². The van der Waals surface area contributed by atoms with Crippen LogP contribution in [0.4, 0.5) is 0 Å². The molecule has 0 N–H and O–H groups in total. The normalized spacial score (nSPS) is 18.0. The van der Waals surface area contributed by atoms with E-state index in [-0.39, 0.29) is 11.8 Å². The third-order valence-corrected chi connectivity index (χ3v) is 4.91. The van der Waals surface area contributed by atoms with Crippen LogP contribution in [0, 0.1) is 0 Å². The predicted octanol–water partition coefficient (Wildman–Crippen LogP) is 1.36. The van der Waals surface area contributed by atoms with E-state index in [9.17, 15) is 4.79 Å². The van der Waals surface area contributed by atoms with E-state index in [0.717, 1.165) is 42.8 Å². The number of aromatic nitrogens is 6. The van der Waals surface area contributed by atoms with Crippen LogP contribution in [0.25, 0.3) is 11.0 Å². The number of carbonyl (C=O) groups is 1. The first kappa shape index (κ1) is 15.7. The molecule has 8 heteroatoms. The summed E-state index contributed by atoms with van der Waals surface area (Å²) in [6.45, 7) is 2.06. The van der Waals surface area contributed by atoms with Gasteiger partial charge in [-0.15, -0.1) is 5.10 Å². The number of piperidine rings is 1. The van der Waals surface area contributed by atoms with E-state index in [1.165, 1.54) is 6.33 Å². The second-order valence-electron chi connectivity index (χ2n) is 6.52. The number of hydrogen-bond acceptors (Lipinski definition) is 5. The van der Waals surface area contributed by atoms with Gasteiger partial charge < -0.3 is 9.47 Å². The lowest BCUT2D eigenvalue weighted by Gasteiger charge is -2.32. The molecule has 130 valence electrons. The molecule has 1 saturated heterocycles. The molecule has 0 spiro atoms. The molecule has 1 aromatic carbocycles. The molecule has 1 atom stereocenters. The molecule has 0 radical (unpaired) electrons. The number of fused-ring (bicyclic) bond motifs is 1. The van der Waals surface area contributed by atoms with Gasteiger partial charge in [0.25, 0.3) is 0 Å². The van der Waals surface area contributed by atoms with Crippen molar-refractivity contribution in [1.82, 2.24) is 34.7 Å². The van der Waals surface area contributed by atoms with Gasteiger partial charge in [0.1, 0.15) is 12.2 Å². The summed E-state index contributed by atoms with van der Waals surface area (Å²) in [6, 6.07) is 8.17. The van der Waals surface area contributed by atoms with Crippen molar-refractivity contribution >= 4 is 16.9 Å². The highest BCUT2D eigenvalue weighted by atomic mass is 16.2. The van der Waals surface area contributed by atoms with Crippen molar-refractivity contribution in [2.45, 2.75) is 31.7 Å². The number of carbonyl (C=O) groups excluding carboxylic acids is 1. The highest BCUT2D eigenvalue weighted by molar-refractivity contribution is 5.77. The lowest BCUT2D eigenvalue weighted by Crippen LogP contribution is -2.40. The van der Waals surface area contributed by atoms with E-state index in [2.05, 4.69) is 33.2 Å². The third kappa shape index (κ3) is 3.11. The quantitative estimate of drug-likeness (QED) is 0.717. The zero-order valence-electron chi connectivity index (χ0n) is 14.2. The van der Waals surface area contributed by atoms with E-state index in [0.29, 0.717) is 13.0 Å². The first-order valence-electron chi connectivity index (χ1n) is 8.62. The van der Waals surface area contributed by atoms with Gasteiger partial charge >= 0.3 is 0 Å². The minimum absolute atomic E-state index is 0.152. The fraction of sp³-hybridized carbons (Fsp3) is 0.471. The average molecular weight is 339 g/mol. The summed E-state index contributed by atoms with van der Waals surface area (Å²) in [5, 5.41) is 11.0. The molecule has 2 aromatic heterocycles. The Kier molecular flexibility index (Phi) is 4.17. The van der Waals surface area contributed by atoms with Crippen molar-refractivity contribution in [3.63, 3.8) is 0 Å². The molecule has 8 nitrogen and oxygen atoms in total. The number of rotatable bonds is 4. The molecule has 0 bridgehead atoms. The van der Waals surface area contributed by atoms with Gasteiger partial charge in [-0.25, -0.2) is 9.67 Å². The van der Waals surface area contributed by atoms with Crippen molar-refractivity contribution in [1.29, 1.82) is 0 Å². The maximum atomic E-state index is 12.5. The van der Waals surface area contributed by atoms with Crippen LogP contribution in [-0.4, -0.2) is 53.7 Å². The second-order valence-corrected chi connectivity index (χ2v) is 6.52. The summed E-state index contributed by atoms with van der Waals surface area (Å²) in [5.74, 6) is 1.50. The molecular formula is C17H21N7O. The minimum Gasteiger partial charge on any atom is -0.342 e. The van der Waals surface area contributed by atoms with Crippen LogP contribution in [0.5, 0.6) is 0 Å². The van der Waals surface area contributed by atoms with E-state index < -0.39 is 0 Å². The van der Waals surface area contributed by atoms with Gasteiger partial charge in [-0.2, -0.15) is 0 Å². The van der Waals surface area contributed by atoms with Crippen LogP contribution >= 0.6 is 0 Å². The van der Waals surface area contributed by atoms with Crippen molar-refractivity contribution in [3.05, 3.63) is 36.4 Å². The lowest BCUT2D eigenvalue weighted by atomic mass is 9.97. The summed E-state index contributed by atoms with van der Waals surface area (Å²) in [5.41, 5.74) is 2.15. The topological polar surface area (TPSA) is 81.7 Å². The Morgan fingerprint density at radius 3 is 3.00 bits per heavy atom. The van der Waals surface area contributed by atoms with Crippen molar-refractivity contribution in [3.8, 4) is 0 Å². The largest absolute Gasteiger partial charge is 0.342 e. The molecule has 1 amide bonds. The van der Waals surface area contributed by atoms with Gasteiger partial charge in [0.2, 0.25) is 5.91 Å². The van der Waals surface area contributed by atoms with Crippen LogP contribution < -0.4 is 0 Å². The summed E-state index contributed by atoms with van der Waals surface area (Å²) < 4.78 is 3.75. The number of hydrogen-bond donors (Lipinski definition) is 0. The van der Waals surface area contributed by atoms with Crippen LogP contribution in [0.3, 0.4) is 0 Å². The zero-order valence-corrected chi connectivity index (χ0v) is 14.2. The molecular weight excluding hydrogens is 318 g/mol. The van der Waals surface area contributed by atoms with E-state index in [1.54, 1.807) is 4.68 Å². The smallest absolute Gasteiger partial charge is 0.224 e. The van der Waals surface area contributed by atoms with Crippen LogP contribution in [-0.2, 0) is 18.4 Å². The fourth-order valence-electron chi connectivity index (χ4n) is 3.59. The molecule has 1 unspecified atom stereocenters. The van der Waals surface area contributed by atoms with Crippen molar-refractivity contribution in [2.75, 3.05) is 13.1 Å². The number of para-hydroxylation sites is 2. The first-order chi connectivity index (χ1) is 12.2. The molecule has 0 aliphatic carbocycles. The number of amides is 1. The third-order valence-electron chi connectivity index (χ3n) is 4.91. The predicted molar refractivity (Wildman–Crippen MR) is 91.7 cm³/mol. The SMILES string of the molecule is Cn1c(C2CCCN(C(=O)CCn3cnnn3)C2)nc2ccccc21. The monoisotopic (exact) mass is 339 g/mol. The van der Waals surface area contributed by atoms with Gasteiger partial charge in [0, 0.05) is 32.5 Å². The Labute approximate surface area is 145 Å². The number of aryl methyl sites for hydroxylation is 2. The number of likely N-dealkylation sites (tertiary alicyclic amines) is 1. The maximum Gasteiger partial charge on any atom is 0.224 e. The standard InChI is InChI=1S/C17H21N7O/c1-22-15-7-3-2-6-14(15)19-17(22)13-5-4-9-23(11-13)16(25)8-10-24-12-18-20-21-24/h2-3,6-7,12-13H,4-5,8-11H2,1H3. The highest BCUT2D eigenvalue weighted by Gasteiger charge is 2.27. The molecule has 3 heterocycles. The molecule has 4 rings (SSSR count). The van der Waals surface area contributed by atoms with Gasteiger partial charge in [-0.3, -0.25) is 4.79 Å². The van der Waals surface area contributed by atoms with Crippen LogP contribution in [0.2, 0.25) is 0 Å². The number of benzene rings is 1. The second kappa shape index (κ2) is 6.62. The Bertz CT molecular complexity index is 870. The molecule has 1 aliphatic rings. The van der Waals surface area contributed by atoms with Gasteiger partial charge in [-0.1, -0.05) is 12.1 Å². The van der Waals surface area contributed by atoms with Gasteiger partial charge in [0.05, 0.1) is 17.6 Å². The van der Waals surface area contributed by atoms with Gasteiger partial charge in [0.15, 0.2) is 0 Å². The molecule has 3 aromatic rings. The lowest BCUT2D eigenvalue weighted by molar-refractivity contribution is -0.132. The van der Waals surface area contributed by atoms with Crippen LogP contribution in [0.1, 0.15) is 31.0 Å². The fourth-order valence-corrected chi connectivity index (χ4v) is 3.59. The Hall–Kier alpha value is -2.77. The number of imidazole rings is 1. The zero-order chi connectivity index (χ0) is 17.2. The summed E-state index contributed by atoms with van der Waals surface area (Å²) >= 11 is 0. The summed E-state index contributed by atoms with van der Waals surface area (Å²) in [7, 11) is 2.06. The molecule has 0 saturated carbocycles. The van der Waals surface area contributed by atoms with E-state index in [4.69, 9.17) is 4.98 Å². The Balaban J connectivity index is 1.46. The van der Waals surface area contributed by atoms with Crippen molar-refractivity contribution < 1.29 is 4.79 Å². The van der Waals surface area contributed by atoms with Gasteiger partial charge in [-0.05, 0) is 35.4 Å². The minimum atomic E-state index is 0.152. The maximum absolute atomic E-state index is 12.5. The molecule has 1 aliphatic heterocycles. The molecule has 25 heavy (non-hydrogen) atoms. The number of tetrazole rings is 1. The Morgan fingerprint density at radius 2 is 2.20 bits per heavy atom. The summed E-state index contributed by atoms with van der Waals surface area (Å²) in [6.07, 6.45) is 4.02. The molecule has 1 fully saturated rings. The van der Waals surface area contributed by atoms with E-state index >= 15 is 0 Å². The number of nitrogens with zero attached hydrogens (tertiary/aromatic N) is 7. The average Bonchev–Trinajstić information content (AvgIpc) is 3.28. The van der Waals surface area contributed by atoms with Crippen LogP contribution in [0.15, 0.2) is 30.6 Å². The highest BCUT2D eigenvalue weighted by Crippen LogP contribution is 2.28. The van der Waals surface area contributed by atoms with Crippen molar-refractivity contribution in [2.24, 2.45) is 7.05 Å².